The van der Waals surface area contributed by atoms with E-state index in [1.54, 1.807) is 17.4 Å². The van der Waals surface area contributed by atoms with Crippen molar-refractivity contribution in [2.45, 2.75) is 0 Å². The Bertz CT molecular complexity index is 1010. The number of fused-ring (bicyclic) bond motifs is 2. The van der Waals surface area contributed by atoms with Gasteiger partial charge in [0.25, 0.3) is 5.91 Å². The molecule has 0 fully saturated rings. The highest BCUT2D eigenvalue weighted by Crippen LogP contribution is 2.28. The second kappa shape index (κ2) is 4.89. The third-order valence-corrected chi connectivity index (χ3v) is 5.25. The average Bonchev–Trinajstić information content (AvgIpc) is 3.14. The Morgan fingerprint density at radius 2 is 2.14 bits per heavy atom. The molecule has 3 heterocycles. The minimum absolute atomic E-state index is 0.217. The smallest absolute Gasteiger partial charge is 0.274 e. The number of aryl methyl sites for hydroxylation is 1. The number of amides is 1. The van der Waals surface area contributed by atoms with Crippen LogP contribution in [0, 0.1) is 5.82 Å². The summed E-state index contributed by atoms with van der Waals surface area (Å²) >= 11 is 2.86. The summed E-state index contributed by atoms with van der Waals surface area (Å²) in [5.41, 5.74) is 2.28. The number of rotatable bonds is 2. The molecule has 0 aliphatic rings. The molecule has 0 saturated heterocycles. The van der Waals surface area contributed by atoms with Crippen LogP contribution in [0.4, 0.5) is 9.52 Å². The second-order valence-electron chi connectivity index (χ2n) is 4.84. The zero-order chi connectivity index (χ0) is 15.3. The van der Waals surface area contributed by atoms with Gasteiger partial charge in [-0.2, -0.15) is 0 Å². The maximum atomic E-state index is 13.2. The normalized spacial score (nSPS) is 11.4. The highest BCUT2D eigenvalue weighted by atomic mass is 32.1. The summed E-state index contributed by atoms with van der Waals surface area (Å²) < 4.78 is 16.8. The molecule has 1 amide bonds. The van der Waals surface area contributed by atoms with Gasteiger partial charge in [-0.1, -0.05) is 11.3 Å². The van der Waals surface area contributed by atoms with Crippen LogP contribution in [0.25, 0.3) is 20.4 Å². The van der Waals surface area contributed by atoms with Crippen molar-refractivity contribution in [2.24, 2.45) is 7.05 Å². The van der Waals surface area contributed by atoms with Crippen molar-refractivity contribution >= 4 is 54.1 Å². The quantitative estimate of drug-likeness (QED) is 0.597. The van der Waals surface area contributed by atoms with Gasteiger partial charge in [0.15, 0.2) is 5.13 Å². The molecule has 0 spiro atoms. The molecular weight excluding hydrogens is 321 g/mol. The molecule has 0 saturated carbocycles. The molecule has 0 aliphatic carbocycles. The number of benzene rings is 1. The lowest BCUT2D eigenvalue weighted by molar-refractivity contribution is 0.102. The Balaban J connectivity index is 1.67. The number of halogens is 1. The van der Waals surface area contributed by atoms with Crippen LogP contribution in [0.3, 0.4) is 0 Å². The van der Waals surface area contributed by atoms with Gasteiger partial charge < -0.3 is 4.57 Å². The van der Waals surface area contributed by atoms with Crippen LogP contribution >= 0.6 is 22.7 Å². The highest BCUT2D eigenvalue weighted by molar-refractivity contribution is 7.22. The van der Waals surface area contributed by atoms with E-state index in [0.717, 1.165) is 10.2 Å². The predicted octanol–water partition coefficient (Wildman–Crippen LogP) is 4.24. The lowest BCUT2D eigenvalue weighted by Gasteiger charge is -2.03. The first-order chi connectivity index (χ1) is 10.6. The first-order valence-electron chi connectivity index (χ1n) is 6.52. The largest absolute Gasteiger partial charge is 0.339 e. The van der Waals surface area contributed by atoms with Gasteiger partial charge in [0.05, 0.1) is 20.4 Å². The molecule has 1 N–H and O–H groups in total. The van der Waals surface area contributed by atoms with Crippen LogP contribution in [0.1, 0.15) is 10.5 Å². The molecule has 4 rings (SSSR count). The second-order valence-corrected chi connectivity index (χ2v) is 6.82. The molecule has 3 aromatic heterocycles. The van der Waals surface area contributed by atoms with Gasteiger partial charge >= 0.3 is 0 Å². The molecule has 0 radical (unpaired) electrons. The number of thiophene rings is 1. The summed E-state index contributed by atoms with van der Waals surface area (Å²) in [6, 6.07) is 8.23. The number of anilines is 1. The van der Waals surface area contributed by atoms with Crippen LogP contribution in [-0.2, 0) is 7.05 Å². The van der Waals surface area contributed by atoms with Crippen molar-refractivity contribution in [3.63, 3.8) is 0 Å². The topological polar surface area (TPSA) is 46.9 Å². The maximum Gasteiger partial charge on any atom is 0.274 e. The summed E-state index contributed by atoms with van der Waals surface area (Å²) in [6.07, 6.45) is 0. The number of hydrogen-bond donors (Lipinski definition) is 1. The minimum Gasteiger partial charge on any atom is -0.339 e. The molecule has 0 unspecified atom stereocenters. The van der Waals surface area contributed by atoms with Crippen LogP contribution in [0.15, 0.2) is 35.7 Å². The van der Waals surface area contributed by atoms with Crippen molar-refractivity contribution in [3.8, 4) is 0 Å². The first kappa shape index (κ1) is 13.4. The Kier molecular flexibility index (Phi) is 2.98. The Labute approximate surface area is 132 Å². The molecule has 0 bridgehead atoms. The zero-order valence-corrected chi connectivity index (χ0v) is 13.1. The minimum atomic E-state index is -0.309. The van der Waals surface area contributed by atoms with Gasteiger partial charge in [0, 0.05) is 7.05 Å². The number of carbonyl (C=O) groups excluding carboxylic acids is 1. The van der Waals surface area contributed by atoms with Crippen molar-refractivity contribution in [1.29, 1.82) is 0 Å². The van der Waals surface area contributed by atoms with E-state index < -0.39 is 0 Å². The van der Waals surface area contributed by atoms with Gasteiger partial charge in [0.1, 0.15) is 11.5 Å². The summed E-state index contributed by atoms with van der Waals surface area (Å²) in [7, 11) is 1.86. The fourth-order valence-corrected chi connectivity index (χ4v) is 4.12. The van der Waals surface area contributed by atoms with Gasteiger partial charge in [-0.15, -0.1) is 11.3 Å². The van der Waals surface area contributed by atoms with Gasteiger partial charge in [-0.3, -0.25) is 10.1 Å². The summed E-state index contributed by atoms with van der Waals surface area (Å²) in [4.78, 5) is 16.7. The van der Waals surface area contributed by atoms with E-state index in [0.29, 0.717) is 21.0 Å². The standard InChI is InChI=1S/C15H10FN3OS2/c1-19-10-4-5-21-13(10)7-11(19)14(20)18-15-17-9-3-2-8(16)6-12(9)22-15/h2-7H,1H3,(H,17,18,20). The number of nitrogens with zero attached hydrogens (tertiary/aromatic N) is 2. The lowest BCUT2D eigenvalue weighted by atomic mass is 10.3. The third-order valence-electron chi connectivity index (χ3n) is 3.47. The van der Waals surface area contributed by atoms with Gasteiger partial charge in [-0.05, 0) is 35.7 Å². The molecule has 110 valence electrons. The Morgan fingerprint density at radius 3 is 2.95 bits per heavy atom. The predicted molar refractivity (Wildman–Crippen MR) is 88.3 cm³/mol. The molecule has 0 aliphatic heterocycles. The van der Waals surface area contributed by atoms with Crippen LogP contribution in [-0.4, -0.2) is 15.5 Å². The lowest BCUT2D eigenvalue weighted by Crippen LogP contribution is -2.15. The average molecular weight is 331 g/mol. The fraction of sp³-hybridized carbons (Fsp3) is 0.0667. The molecule has 7 heteroatoms. The van der Waals surface area contributed by atoms with E-state index in [1.807, 2.05) is 29.1 Å². The number of hydrogen-bond acceptors (Lipinski definition) is 4. The van der Waals surface area contributed by atoms with E-state index in [2.05, 4.69) is 10.3 Å². The van der Waals surface area contributed by atoms with Crippen LogP contribution < -0.4 is 5.32 Å². The molecule has 4 nitrogen and oxygen atoms in total. The third kappa shape index (κ3) is 2.10. The molecule has 4 aromatic rings. The fourth-order valence-electron chi connectivity index (χ4n) is 2.38. The molecule has 22 heavy (non-hydrogen) atoms. The summed E-state index contributed by atoms with van der Waals surface area (Å²) in [6.45, 7) is 0. The number of carbonyl (C=O) groups is 1. The van der Waals surface area contributed by atoms with Crippen molar-refractivity contribution in [2.75, 3.05) is 5.32 Å². The highest BCUT2D eigenvalue weighted by Gasteiger charge is 2.16. The Hall–Kier alpha value is -2.25. The van der Waals surface area contributed by atoms with Crippen LogP contribution in [0.5, 0.6) is 0 Å². The van der Waals surface area contributed by atoms with E-state index in [4.69, 9.17) is 0 Å². The zero-order valence-electron chi connectivity index (χ0n) is 11.5. The Morgan fingerprint density at radius 1 is 1.27 bits per heavy atom. The van der Waals surface area contributed by atoms with E-state index >= 15 is 0 Å². The molecule has 1 aromatic carbocycles. The van der Waals surface area contributed by atoms with E-state index in [9.17, 15) is 9.18 Å². The van der Waals surface area contributed by atoms with Crippen molar-refractivity contribution in [3.05, 3.63) is 47.2 Å². The summed E-state index contributed by atoms with van der Waals surface area (Å²) in [5, 5.41) is 5.25. The number of aromatic nitrogens is 2. The summed E-state index contributed by atoms with van der Waals surface area (Å²) in [5.74, 6) is -0.526. The van der Waals surface area contributed by atoms with Crippen molar-refractivity contribution < 1.29 is 9.18 Å². The van der Waals surface area contributed by atoms with E-state index in [1.165, 1.54) is 23.5 Å². The number of thiazole rings is 1. The maximum absolute atomic E-state index is 13.2. The monoisotopic (exact) mass is 331 g/mol. The van der Waals surface area contributed by atoms with Gasteiger partial charge in [0.2, 0.25) is 0 Å². The van der Waals surface area contributed by atoms with E-state index in [-0.39, 0.29) is 11.7 Å². The SMILES string of the molecule is Cn1c(C(=O)Nc2nc3ccc(F)cc3s2)cc2sccc21. The number of nitrogens with one attached hydrogen (secondary N) is 1. The molecular formula is C15H10FN3OS2. The first-order valence-corrected chi connectivity index (χ1v) is 8.22. The van der Waals surface area contributed by atoms with Crippen molar-refractivity contribution in [1.82, 2.24) is 9.55 Å². The van der Waals surface area contributed by atoms with Gasteiger partial charge in [-0.25, -0.2) is 9.37 Å². The molecule has 0 atom stereocenters. The van der Waals surface area contributed by atoms with Crippen LogP contribution in [0.2, 0.25) is 0 Å².